The van der Waals surface area contributed by atoms with Crippen LogP contribution in [0.5, 0.6) is 11.5 Å². The molecule has 4 rings (SSSR count). The van der Waals surface area contributed by atoms with Crippen LogP contribution in [0.4, 0.5) is 5.69 Å². The highest BCUT2D eigenvalue weighted by molar-refractivity contribution is 7.92. The third-order valence-electron chi connectivity index (χ3n) is 5.26. The van der Waals surface area contributed by atoms with Crippen LogP contribution in [0.1, 0.15) is 29.6 Å². The minimum atomic E-state index is -3.88. The van der Waals surface area contributed by atoms with E-state index in [0.29, 0.717) is 56.2 Å². The minimum Gasteiger partial charge on any atom is -0.486 e. The maximum Gasteiger partial charge on any atom is 0.262 e. The van der Waals surface area contributed by atoms with Gasteiger partial charge >= 0.3 is 0 Å². The fraction of sp³-hybridized carbons (Fsp3) is 0.364. The van der Waals surface area contributed by atoms with Gasteiger partial charge in [0.1, 0.15) is 13.2 Å². The first kappa shape index (κ1) is 21.9. The molecular formula is C22H25N3O6S. The first-order valence-electron chi connectivity index (χ1n) is 10.5. The topological polar surface area (TPSA) is 114 Å². The molecule has 2 aromatic rings. The highest BCUT2D eigenvalue weighted by Gasteiger charge is 2.21. The molecule has 0 bridgehead atoms. The van der Waals surface area contributed by atoms with Crippen molar-refractivity contribution >= 4 is 27.5 Å². The lowest BCUT2D eigenvalue weighted by molar-refractivity contribution is -0.127. The van der Waals surface area contributed by atoms with E-state index in [0.717, 1.165) is 13.0 Å². The van der Waals surface area contributed by atoms with Crippen molar-refractivity contribution in [2.24, 2.45) is 0 Å². The van der Waals surface area contributed by atoms with Gasteiger partial charge in [-0.05, 0) is 43.2 Å². The van der Waals surface area contributed by atoms with Crippen LogP contribution in [0.25, 0.3) is 0 Å². The molecule has 2 N–H and O–H groups in total. The van der Waals surface area contributed by atoms with Gasteiger partial charge in [0.05, 0.1) is 4.90 Å². The molecule has 0 saturated carbocycles. The van der Waals surface area contributed by atoms with Gasteiger partial charge in [-0.25, -0.2) is 8.42 Å². The smallest absolute Gasteiger partial charge is 0.262 e. The summed E-state index contributed by atoms with van der Waals surface area (Å²) in [5, 5.41) is 2.81. The molecule has 2 heterocycles. The van der Waals surface area contributed by atoms with E-state index in [1.165, 1.54) is 18.2 Å². The van der Waals surface area contributed by atoms with Gasteiger partial charge < -0.3 is 19.7 Å². The zero-order valence-corrected chi connectivity index (χ0v) is 18.3. The van der Waals surface area contributed by atoms with Gasteiger partial charge in [-0.3, -0.25) is 14.3 Å². The maximum atomic E-state index is 12.8. The van der Waals surface area contributed by atoms with Gasteiger partial charge in [-0.2, -0.15) is 0 Å². The number of likely N-dealkylation sites (tertiary alicyclic amines) is 1. The SMILES string of the molecule is O=C(NCCCN1CCCC1=O)c1cccc(NS(=O)(=O)c2ccc3c(c2)OCCO3)c1. The summed E-state index contributed by atoms with van der Waals surface area (Å²) in [6.07, 6.45) is 2.15. The van der Waals surface area contributed by atoms with Crippen molar-refractivity contribution in [2.75, 3.05) is 37.6 Å². The number of hydrogen-bond acceptors (Lipinski definition) is 6. The Morgan fingerprint density at radius 3 is 2.66 bits per heavy atom. The zero-order valence-electron chi connectivity index (χ0n) is 17.5. The molecule has 0 unspecified atom stereocenters. The Balaban J connectivity index is 1.35. The third kappa shape index (κ3) is 5.13. The number of ether oxygens (including phenoxy) is 2. The van der Waals surface area contributed by atoms with E-state index in [4.69, 9.17) is 9.47 Å². The second kappa shape index (κ2) is 9.47. The van der Waals surface area contributed by atoms with Gasteiger partial charge in [0.15, 0.2) is 11.5 Å². The average molecular weight is 460 g/mol. The highest BCUT2D eigenvalue weighted by atomic mass is 32.2. The summed E-state index contributed by atoms with van der Waals surface area (Å²) < 4.78 is 39.0. The average Bonchev–Trinajstić information content (AvgIpc) is 3.20. The number of carbonyl (C=O) groups is 2. The fourth-order valence-electron chi connectivity index (χ4n) is 3.64. The lowest BCUT2D eigenvalue weighted by Gasteiger charge is -2.19. The molecule has 0 aliphatic carbocycles. The van der Waals surface area contributed by atoms with E-state index in [1.807, 2.05) is 0 Å². The Kier molecular flexibility index (Phi) is 6.50. The van der Waals surface area contributed by atoms with E-state index in [-0.39, 0.29) is 22.4 Å². The number of hydrogen-bond donors (Lipinski definition) is 2. The molecule has 2 aliphatic rings. The summed E-state index contributed by atoms with van der Waals surface area (Å²) in [5.74, 6) is 0.735. The molecule has 1 saturated heterocycles. The van der Waals surface area contributed by atoms with Crippen molar-refractivity contribution in [3.63, 3.8) is 0 Å². The van der Waals surface area contributed by atoms with Crippen molar-refractivity contribution in [1.82, 2.24) is 10.2 Å². The molecule has 0 atom stereocenters. The predicted molar refractivity (Wildman–Crippen MR) is 117 cm³/mol. The number of benzene rings is 2. The molecule has 1 fully saturated rings. The van der Waals surface area contributed by atoms with E-state index in [9.17, 15) is 18.0 Å². The van der Waals surface area contributed by atoms with Crippen LogP contribution in [0.2, 0.25) is 0 Å². The predicted octanol–water partition coefficient (Wildman–Crippen LogP) is 2.00. The maximum absolute atomic E-state index is 12.8. The number of fused-ring (bicyclic) bond motifs is 1. The minimum absolute atomic E-state index is 0.0352. The molecule has 170 valence electrons. The summed E-state index contributed by atoms with van der Waals surface area (Å²) in [7, 11) is -3.88. The normalized spacial score (nSPS) is 15.5. The molecule has 2 aliphatic heterocycles. The Labute approximate surface area is 186 Å². The van der Waals surface area contributed by atoms with Gasteiger partial charge in [0.2, 0.25) is 5.91 Å². The van der Waals surface area contributed by atoms with Gasteiger partial charge in [-0.15, -0.1) is 0 Å². The number of amides is 2. The van der Waals surface area contributed by atoms with Crippen molar-refractivity contribution < 1.29 is 27.5 Å². The molecule has 10 heteroatoms. The van der Waals surface area contributed by atoms with Crippen LogP contribution >= 0.6 is 0 Å². The van der Waals surface area contributed by atoms with Crippen molar-refractivity contribution in [3.05, 3.63) is 48.0 Å². The molecule has 9 nitrogen and oxygen atoms in total. The number of nitrogens with one attached hydrogen (secondary N) is 2. The van der Waals surface area contributed by atoms with Crippen LogP contribution in [-0.2, 0) is 14.8 Å². The fourth-order valence-corrected chi connectivity index (χ4v) is 4.71. The molecule has 32 heavy (non-hydrogen) atoms. The number of anilines is 1. The van der Waals surface area contributed by atoms with Gasteiger partial charge in [-0.1, -0.05) is 6.07 Å². The van der Waals surface area contributed by atoms with E-state index in [1.54, 1.807) is 29.2 Å². The Hall–Kier alpha value is -3.27. The molecule has 2 amide bonds. The van der Waals surface area contributed by atoms with Crippen LogP contribution in [0, 0.1) is 0 Å². The van der Waals surface area contributed by atoms with Crippen molar-refractivity contribution in [1.29, 1.82) is 0 Å². The summed E-state index contributed by atoms with van der Waals surface area (Å²) in [6.45, 7) is 2.60. The molecule has 0 radical (unpaired) electrons. The Morgan fingerprint density at radius 1 is 1.06 bits per heavy atom. The largest absolute Gasteiger partial charge is 0.486 e. The molecular weight excluding hydrogens is 434 g/mol. The second-order valence-corrected chi connectivity index (χ2v) is 9.27. The number of rotatable bonds is 8. The van der Waals surface area contributed by atoms with E-state index >= 15 is 0 Å². The molecule has 0 spiro atoms. The number of carbonyl (C=O) groups excluding carboxylic acids is 2. The third-order valence-corrected chi connectivity index (χ3v) is 6.64. The van der Waals surface area contributed by atoms with E-state index in [2.05, 4.69) is 10.0 Å². The summed E-state index contributed by atoms with van der Waals surface area (Å²) in [6, 6.07) is 10.7. The molecule has 0 aromatic heterocycles. The lowest BCUT2D eigenvalue weighted by Crippen LogP contribution is -2.30. The van der Waals surface area contributed by atoms with Crippen molar-refractivity contribution in [2.45, 2.75) is 24.2 Å². The first-order valence-corrected chi connectivity index (χ1v) is 12.0. The summed E-state index contributed by atoms with van der Waals surface area (Å²) in [4.78, 5) is 25.9. The molecule has 2 aromatic carbocycles. The van der Waals surface area contributed by atoms with Gasteiger partial charge in [0.25, 0.3) is 15.9 Å². The highest BCUT2D eigenvalue weighted by Crippen LogP contribution is 2.32. The van der Waals surface area contributed by atoms with E-state index < -0.39 is 10.0 Å². The van der Waals surface area contributed by atoms with Crippen LogP contribution in [-0.4, -0.2) is 58.0 Å². The lowest BCUT2D eigenvalue weighted by atomic mass is 10.2. The monoisotopic (exact) mass is 459 g/mol. The van der Waals surface area contributed by atoms with Crippen molar-refractivity contribution in [3.8, 4) is 11.5 Å². The Morgan fingerprint density at radius 2 is 1.88 bits per heavy atom. The second-order valence-electron chi connectivity index (χ2n) is 7.59. The van der Waals surface area contributed by atoms with Gasteiger partial charge in [0, 0.05) is 43.4 Å². The number of sulfonamides is 1. The summed E-state index contributed by atoms with van der Waals surface area (Å²) >= 11 is 0. The number of nitrogens with zero attached hydrogens (tertiary/aromatic N) is 1. The standard InChI is InChI=1S/C22H25N3O6S/c26-21-6-2-10-25(21)11-3-9-23-22(27)16-4-1-5-17(14-16)24-32(28,29)18-7-8-19-20(15-18)31-13-12-30-19/h1,4-5,7-8,14-15,24H,2-3,6,9-13H2,(H,23,27). The van der Waals surface area contributed by atoms with Crippen LogP contribution < -0.4 is 19.5 Å². The van der Waals surface area contributed by atoms with Crippen LogP contribution in [0.15, 0.2) is 47.4 Å². The zero-order chi connectivity index (χ0) is 22.6. The quantitative estimate of drug-likeness (QED) is 0.584. The first-order chi connectivity index (χ1) is 15.4. The Bertz CT molecular complexity index is 1120. The summed E-state index contributed by atoms with van der Waals surface area (Å²) in [5.41, 5.74) is 0.611. The van der Waals surface area contributed by atoms with Crippen LogP contribution in [0.3, 0.4) is 0 Å².